The highest BCUT2D eigenvalue weighted by atomic mass is 16.2. The number of pyridine rings is 1. The molecule has 3 aromatic rings. The Hall–Kier alpha value is -3.78. The first-order valence-corrected chi connectivity index (χ1v) is 13.0. The van der Waals surface area contributed by atoms with E-state index in [1.165, 1.54) is 5.56 Å². The van der Waals surface area contributed by atoms with Gasteiger partial charge in [0.05, 0.1) is 16.8 Å². The minimum atomic E-state index is -0.728. The minimum Gasteiger partial charge on any atom is -0.340 e. The van der Waals surface area contributed by atoms with Crippen LogP contribution in [0.25, 0.3) is 10.9 Å². The Morgan fingerprint density at radius 2 is 1.76 bits per heavy atom. The van der Waals surface area contributed by atoms with Gasteiger partial charge in [-0.3, -0.25) is 29.2 Å². The molecule has 3 aliphatic heterocycles. The molecule has 8 nitrogen and oxygen atoms in total. The second-order valence-corrected chi connectivity index (χ2v) is 10.3. The summed E-state index contributed by atoms with van der Waals surface area (Å²) in [7, 11) is 0. The number of piperazine rings is 1. The Morgan fingerprint density at radius 3 is 2.59 bits per heavy atom. The van der Waals surface area contributed by atoms with Gasteiger partial charge in [0.2, 0.25) is 11.8 Å². The van der Waals surface area contributed by atoms with E-state index in [1.54, 1.807) is 15.9 Å². The van der Waals surface area contributed by atoms with Crippen molar-refractivity contribution in [3.63, 3.8) is 0 Å². The number of nitrogens with zero attached hydrogens (tertiary/aromatic N) is 5. The molecule has 0 bridgehead atoms. The monoisotopic (exact) mass is 497 g/mol. The maximum Gasteiger partial charge on any atom is 0.257 e. The van der Waals surface area contributed by atoms with E-state index in [2.05, 4.69) is 34.1 Å². The Kier molecular flexibility index (Phi) is 5.91. The van der Waals surface area contributed by atoms with E-state index >= 15 is 0 Å². The smallest absolute Gasteiger partial charge is 0.257 e. The fraction of sp³-hybridized carbons (Fsp3) is 0.379. The number of fused-ring (bicyclic) bond motifs is 4. The molecule has 0 spiro atoms. The van der Waals surface area contributed by atoms with Gasteiger partial charge in [0.1, 0.15) is 5.66 Å². The third-order valence-electron chi connectivity index (χ3n) is 8.13. The van der Waals surface area contributed by atoms with E-state index in [-0.39, 0.29) is 24.1 Å². The van der Waals surface area contributed by atoms with Gasteiger partial charge in [0.25, 0.3) is 5.91 Å². The van der Waals surface area contributed by atoms with Gasteiger partial charge in [-0.05, 0) is 37.1 Å². The van der Waals surface area contributed by atoms with Gasteiger partial charge in [-0.2, -0.15) is 0 Å². The zero-order valence-electron chi connectivity index (χ0n) is 21.1. The van der Waals surface area contributed by atoms with Gasteiger partial charge < -0.3 is 9.80 Å². The van der Waals surface area contributed by atoms with Crippen LogP contribution in [-0.2, 0) is 16.1 Å². The maximum atomic E-state index is 13.4. The molecular weight excluding hydrogens is 466 g/mol. The number of para-hydroxylation sites is 2. The standard InChI is InChI=1S/C29H31N5O3/c1-29-13-11-26(36)34(29)24-10-3-2-9-23(24)28(37)33(29)15-12-25(35)32-18-16-31(17-19-32)20-22-7-4-6-21-8-5-14-30-27(21)22/h2-10,14H,11-13,15-20H2,1H3. The summed E-state index contributed by atoms with van der Waals surface area (Å²) in [4.78, 5) is 51.7. The van der Waals surface area contributed by atoms with Crippen LogP contribution in [0.3, 0.4) is 0 Å². The molecular formula is C29H31N5O3. The summed E-state index contributed by atoms with van der Waals surface area (Å²) in [5, 5.41) is 1.14. The Bertz CT molecular complexity index is 1380. The average molecular weight is 498 g/mol. The van der Waals surface area contributed by atoms with Crippen molar-refractivity contribution in [3.05, 3.63) is 71.9 Å². The van der Waals surface area contributed by atoms with Gasteiger partial charge >= 0.3 is 0 Å². The zero-order valence-corrected chi connectivity index (χ0v) is 21.1. The van der Waals surface area contributed by atoms with Crippen LogP contribution in [0, 0.1) is 0 Å². The molecule has 1 atom stereocenters. The number of aromatic nitrogens is 1. The van der Waals surface area contributed by atoms with Crippen molar-refractivity contribution in [2.24, 2.45) is 0 Å². The van der Waals surface area contributed by atoms with Crippen LogP contribution in [-0.4, -0.2) is 75.8 Å². The molecule has 0 N–H and O–H groups in total. The van der Waals surface area contributed by atoms with Crippen LogP contribution in [0.15, 0.2) is 60.8 Å². The summed E-state index contributed by atoms with van der Waals surface area (Å²) in [6.45, 7) is 5.97. The molecule has 6 rings (SSSR count). The largest absolute Gasteiger partial charge is 0.340 e. The van der Waals surface area contributed by atoms with Crippen LogP contribution in [0.2, 0.25) is 0 Å². The summed E-state index contributed by atoms with van der Waals surface area (Å²) < 4.78 is 0. The lowest BCUT2D eigenvalue weighted by Gasteiger charge is -2.48. The number of hydrogen-bond donors (Lipinski definition) is 0. The Balaban J connectivity index is 1.09. The average Bonchev–Trinajstić information content (AvgIpc) is 3.24. The SMILES string of the molecule is CC12CCC(=O)N1c1ccccc1C(=O)N2CCC(=O)N1CCN(Cc2cccc3cccnc23)CC1. The number of anilines is 1. The molecule has 0 aliphatic carbocycles. The van der Waals surface area contributed by atoms with Crippen LogP contribution in [0.4, 0.5) is 5.69 Å². The summed E-state index contributed by atoms with van der Waals surface area (Å²) in [5.41, 5.74) is 2.71. The number of benzene rings is 2. The summed E-state index contributed by atoms with van der Waals surface area (Å²) in [6.07, 6.45) is 3.05. The lowest BCUT2D eigenvalue weighted by atomic mass is 9.98. The van der Waals surface area contributed by atoms with Gasteiger partial charge in [-0.15, -0.1) is 0 Å². The molecule has 1 unspecified atom stereocenters. The van der Waals surface area contributed by atoms with Crippen LogP contribution in [0.1, 0.15) is 42.1 Å². The normalized spacial score (nSPS) is 21.9. The number of hydrogen-bond acceptors (Lipinski definition) is 5. The highest BCUT2D eigenvalue weighted by Gasteiger charge is 2.52. The number of amides is 3. The van der Waals surface area contributed by atoms with E-state index in [0.29, 0.717) is 43.7 Å². The third kappa shape index (κ3) is 4.05. The summed E-state index contributed by atoms with van der Waals surface area (Å²) in [6, 6.07) is 17.6. The Labute approximate surface area is 216 Å². The van der Waals surface area contributed by atoms with Gasteiger partial charge in [0.15, 0.2) is 0 Å². The van der Waals surface area contributed by atoms with Gasteiger partial charge in [0, 0.05) is 63.7 Å². The van der Waals surface area contributed by atoms with Crippen molar-refractivity contribution in [1.29, 1.82) is 0 Å². The maximum absolute atomic E-state index is 13.4. The molecule has 4 heterocycles. The topological polar surface area (TPSA) is 77.1 Å². The number of carbonyl (C=O) groups is 3. The first kappa shape index (κ1) is 23.6. The van der Waals surface area contributed by atoms with Gasteiger partial charge in [-0.25, -0.2) is 0 Å². The predicted molar refractivity (Wildman–Crippen MR) is 141 cm³/mol. The zero-order chi connectivity index (χ0) is 25.6. The molecule has 2 aromatic carbocycles. The fourth-order valence-corrected chi connectivity index (χ4v) is 6.10. The lowest BCUT2D eigenvalue weighted by Crippen LogP contribution is -2.62. The number of carbonyl (C=O) groups excluding carboxylic acids is 3. The van der Waals surface area contributed by atoms with Crippen molar-refractivity contribution in [3.8, 4) is 0 Å². The quantitative estimate of drug-likeness (QED) is 0.541. The molecule has 190 valence electrons. The van der Waals surface area contributed by atoms with Crippen molar-refractivity contribution < 1.29 is 14.4 Å². The highest BCUT2D eigenvalue weighted by Crippen LogP contribution is 2.44. The molecule has 3 aliphatic rings. The van der Waals surface area contributed by atoms with Crippen molar-refractivity contribution in [1.82, 2.24) is 19.7 Å². The molecule has 8 heteroatoms. The van der Waals surface area contributed by atoms with E-state index in [0.717, 1.165) is 30.5 Å². The van der Waals surface area contributed by atoms with E-state index in [1.807, 2.05) is 42.3 Å². The van der Waals surface area contributed by atoms with Crippen molar-refractivity contribution in [2.75, 3.05) is 37.6 Å². The first-order chi connectivity index (χ1) is 18.0. The molecule has 3 amide bonds. The molecule has 1 aromatic heterocycles. The van der Waals surface area contributed by atoms with Gasteiger partial charge in [-0.1, -0.05) is 36.4 Å². The summed E-state index contributed by atoms with van der Waals surface area (Å²) >= 11 is 0. The molecule has 2 fully saturated rings. The van der Waals surface area contributed by atoms with Crippen LogP contribution >= 0.6 is 0 Å². The van der Waals surface area contributed by atoms with E-state index in [9.17, 15) is 14.4 Å². The van der Waals surface area contributed by atoms with E-state index < -0.39 is 5.66 Å². The molecule has 37 heavy (non-hydrogen) atoms. The molecule has 0 radical (unpaired) electrons. The highest BCUT2D eigenvalue weighted by molar-refractivity contribution is 6.10. The minimum absolute atomic E-state index is 0.0243. The number of rotatable bonds is 5. The first-order valence-electron chi connectivity index (χ1n) is 13.0. The molecule has 2 saturated heterocycles. The fourth-order valence-electron chi connectivity index (χ4n) is 6.10. The summed E-state index contributed by atoms with van der Waals surface area (Å²) in [5.74, 6) is -0.0285. The van der Waals surface area contributed by atoms with Crippen molar-refractivity contribution in [2.45, 2.75) is 38.4 Å². The lowest BCUT2D eigenvalue weighted by molar-refractivity contribution is -0.133. The second-order valence-electron chi connectivity index (χ2n) is 10.3. The third-order valence-corrected chi connectivity index (χ3v) is 8.13. The van der Waals surface area contributed by atoms with Crippen LogP contribution in [0.5, 0.6) is 0 Å². The van der Waals surface area contributed by atoms with Crippen LogP contribution < -0.4 is 4.90 Å². The Morgan fingerprint density at radius 1 is 0.973 bits per heavy atom. The molecule has 0 saturated carbocycles. The van der Waals surface area contributed by atoms with Crippen molar-refractivity contribution >= 4 is 34.3 Å². The second kappa shape index (κ2) is 9.27. The predicted octanol–water partition coefficient (Wildman–Crippen LogP) is 3.27. The van der Waals surface area contributed by atoms with E-state index in [4.69, 9.17) is 0 Å².